The third kappa shape index (κ3) is 3.92. The number of anilines is 1. The summed E-state index contributed by atoms with van der Waals surface area (Å²) in [5, 5.41) is 3.48. The molecule has 6 heteroatoms. The number of carbonyl (C=O) groups excluding carboxylic acids is 2. The van der Waals surface area contributed by atoms with Crippen LogP contribution in [0.15, 0.2) is 48.5 Å². The van der Waals surface area contributed by atoms with Crippen LogP contribution in [0, 0.1) is 0 Å². The number of hydrogen-bond donors (Lipinski definition) is 1. The third-order valence-electron chi connectivity index (χ3n) is 5.66. The summed E-state index contributed by atoms with van der Waals surface area (Å²) in [4.78, 5) is 29.4. The minimum absolute atomic E-state index is 0.0255. The van der Waals surface area contributed by atoms with Crippen molar-refractivity contribution >= 4 is 17.5 Å². The second-order valence-electron chi connectivity index (χ2n) is 8.18. The van der Waals surface area contributed by atoms with Gasteiger partial charge < -0.3 is 19.9 Å². The first-order chi connectivity index (χ1) is 14.5. The van der Waals surface area contributed by atoms with E-state index in [1.807, 2.05) is 72.2 Å². The van der Waals surface area contributed by atoms with Crippen molar-refractivity contribution in [2.24, 2.45) is 0 Å². The van der Waals surface area contributed by atoms with Crippen molar-refractivity contribution in [1.29, 1.82) is 0 Å². The molecule has 0 spiro atoms. The standard InChI is InChI=1S/C24H29N3O3/c1-4-13-27-22(20-7-5-6-8-21(20)24(27)29)25-19-11-9-18(10-12-19)23(28)26-14-16(2)30-17(3)15-26/h5-12,16-17,22,25H,4,13-15H2,1-3H3. The molecular formula is C24H29N3O3. The Labute approximate surface area is 177 Å². The monoisotopic (exact) mass is 407 g/mol. The fourth-order valence-electron chi connectivity index (χ4n) is 4.39. The predicted octanol–water partition coefficient (Wildman–Crippen LogP) is 3.91. The summed E-state index contributed by atoms with van der Waals surface area (Å²) < 4.78 is 5.73. The van der Waals surface area contributed by atoms with Gasteiger partial charge in [0.1, 0.15) is 6.17 Å². The van der Waals surface area contributed by atoms with Crippen molar-refractivity contribution in [3.05, 3.63) is 65.2 Å². The van der Waals surface area contributed by atoms with Crippen LogP contribution in [0.25, 0.3) is 0 Å². The second-order valence-corrected chi connectivity index (χ2v) is 8.18. The van der Waals surface area contributed by atoms with E-state index in [1.165, 1.54) is 0 Å². The SMILES string of the molecule is CCCN1C(=O)c2ccccc2C1Nc1ccc(C(=O)N2CC(C)OC(C)C2)cc1. The first kappa shape index (κ1) is 20.4. The van der Waals surface area contributed by atoms with Gasteiger partial charge >= 0.3 is 0 Å². The Hall–Kier alpha value is -2.86. The van der Waals surface area contributed by atoms with Crippen LogP contribution < -0.4 is 5.32 Å². The molecule has 1 N–H and O–H groups in total. The summed E-state index contributed by atoms with van der Waals surface area (Å²) in [6, 6.07) is 15.3. The molecule has 30 heavy (non-hydrogen) atoms. The van der Waals surface area contributed by atoms with Gasteiger partial charge in [0.15, 0.2) is 0 Å². The summed E-state index contributed by atoms with van der Waals surface area (Å²) in [6.45, 7) is 7.96. The topological polar surface area (TPSA) is 61.9 Å². The van der Waals surface area contributed by atoms with Gasteiger partial charge in [0, 0.05) is 42.0 Å². The molecular weight excluding hydrogens is 378 g/mol. The molecule has 2 aliphatic rings. The highest BCUT2D eigenvalue weighted by Crippen LogP contribution is 2.34. The number of fused-ring (bicyclic) bond motifs is 1. The van der Waals surface area contributed by atoms with E-state index in [2.05, 4.69) is 12.2 Å². The van der Waals surface area contributed by atoms with E-state index >= 15 is 0 Å². The molecule has 2 amide bonds. The van der Waals surface area contributed by atoms with Crippen LogP contribution >= 0.6 is 0 Å². The van der Waals surface area contributed by atoms with Crippen molar-refractivity contribution in [1.82, 2.24) is 9.80 Å². The lowest BCUT2D eigenvalue weighted by Gasteiger charge is -2.35. The van der Waals surface area contributed by atoms with Crippen molar-refractivity contribution in [3.63, 3.8) is 0 Å². The summed E-state index contributed by atoms with van der Waals surface area (Å²) in [5.41, 5.74) is 3.29. The molecule has 0 aromatic heterocycles. The van der Waals surface area contributed by atoms with Crippen LogP contribution in [0.1, 0.15) is 59.6 Å². The number of ether oxygens (including phenoxy) is 1. The molecule has 2 aromatic rings. The highest BCUT2D eigenvalue weighted by atomic mass is 16.5. The van der Waals surface area contributed by atoms with Crippen LogP contribution in [-0.2, 0) is 4.74 Å². The number of morpholine rings is 1. The van der Waals surface area contributed by atoms with Crippen LogP contribution in [0.4, 0.5) is 5.69 Å². The lowest BCUT2D eigenvalue weighted by atomic mass is 10.1. The molecule has 0 bridgehead atoms. The number of benzene rings is 2. The van der Waals surface area contributed by atoms with Gasteiger partial charge in [-0.15, -0.1) is 0 Å². The van der Waals surface area contributed by atoms with E-state index in [9.17, 15) is 9.59 Å². The Morgan fingerprint density at radius 1 is 1.07 bits per heavy atom. The van der Waals surface area contributed by atoms with Crippen molar-refractivity contribution in [3.8, 4) is 0 Å². The van der Waals surface area contributed by atoms with Crippen molar-refractivity contribution in [2.45, 2.75) is 45.6 Å². The third-order valence-corrected chi connectivity index (χ3v) is 5.66. The molecule has 0 radical (unpaired) electrons. The molecule has 3 unspecified atom stereocenters. The molecule has 0 aliphatic carbocycles. The number of hydrogen-bond acceptors (Lipinski definition) is 4. The second kappa shape index (κ2) is 8.48. The molecule has 2 aromatic carbocycles. The van der Waals surface area contributed by atoms with Gasteiger partial charge in [0.05, 0.1) is 12.2 Å². The largest absolute Gasteiger partial charge is 0.372 e. The Morgan fingerprint density at radius 2 is 1.73 bits per heavy atom. The normalized spacial score (nSPS) is 23.4. The Morgan fingerprint density at radius 3 is 2.40 bits per heavy atom. The molecule has 1 saturated heterocycles. The fourth-order valence-corrected chi connectivity index (χ4v) is 4.39. The van der Waals surface area contributed by atoms with E-state index in [-0.39, 0.29) is 30.2 Å². The Kier molecular flexibility index (Phi) is 5.77. The Bertz CT molecular complexity index is 918. The molecule has 0 saturated carbocycles. The van der Waals surface area contributed by atoms with Gasteiger partial charge in [-0.3, -0.25) is 9.59 Å². The van der Waals surface area contributed by atoms with Crippen molar-refractivity contribution < 1.29 is 14.3 Å². The lowest BCUT2D eigenvalue weighted by molar-refractivity contribution is -0.0586. The van der Waals surface area contributed by atoms with E-state index in [0.29, 0.717) is 25.2 Å². The van der Waals surface area contributed by atoms with Gasteiger partial charge in [-0.05, 0) is 50.6 Å². The maximum Gasteiger partial charge on any atom is 0.256 e. The first-order valence-corrected chi connectivity index (χ1v) is 10.7. The molecule has 2 aliphatic heterocycles. The zero-order valence-corrected chi connectivity index (χ0v) is 17.8. The maximum absolute atomic E-state index is 12.9. The van der Waals surface area contributed by atoms with Crippen LogP contribution in [0.3, 0.4) is 0 Å². The summed E-state index contributed by atoms with van der Waals surface area (Å²) >= 11 is 0. The lowest BCUT2D eigenvalue weighted by Crippen LogP contribution is -2.48. The molecule has 158 valence electrons. The summed E-state index contributed by atoms with van der Waals surface area (Å²) in [6.07, 6.45) is 0.782. The smallest absolute Gasteiger partial charge is 0.256 e. The molecule has 6 nitrogen and oxygen atoms in total. The van der Waals surface area contributed by atoms with Gasteiger partial charge in [-0.1, -0.05) is 25.1 Å². The number of amides is 2. The number of nitrogens with zero attached hydrogens (tertiary/aromatic N) is 2. The highest BCUT2D eigenvalue weighted by molar-refractivity contribution is 5.99. The first-order valence-electron chi connectivity index (χ1n) is 10.7. The van der Waals surface area contributed by atoms with E-state index < -0.39 is 0 Å². The van der Waals surface area contributed by atoms with Crippen LogP contribution in [-0.4, -0.2) is 53.5 Å². The fraction of sp³-hybridized carbons (Fsp3) is 0.417. The predicted molar refractivity (Wildman–Crippen MR) is 116 cm³/mol. The van der Waals surface area contributed by atoms with Crippen LogP contribution in [0.5, 0.6) is 0 Å². The zero-order chi connectivity index (χ0) is 21.3. The van der Waals surface area contributed by atoms with Gasteiger partial charge in [0.2, 0.25) is 0 Å². The average molecular weight is 408 g/mol. The summed E-state index contributed by atoms with van der Waals surface area (Å²) in [7, 11) is 0. The number of nitrogens with one attached hydrogen (secondary N) is 1. The highest BCUT2D eigenvalue weighted by Gasteiger charge is 2.35. The number of rotatable bonds is 5. The van der Waals surface area contributed by atoms with E-state index in [1.54, 1.807) is 0 Å². The molecule has 1 fully saturated rings. The minimum atomic E-state index is -0.198. The van der Waals surface area contributed by atoms with Crippen LogP contribution in [0.2, 0.25) is 0 Å². The van der Waals surface area contributed by atoms with E-state index in [4.69, 9.17) is 4.74 Å². The van der Waals surface area contributed by atoms with Gasteiger partial charge in [-0.25, -0.2) is 0 Å². The molecule has 3 atom stereocenters. The average Bonchev–Trinajstić information content (AvgIpc) is 2.99. The molecule has 2 heterocycles. The number of carbonyl (C=O) groups is 2. The summed E-state index contributed by atoms with van der Waals surface area (Å²) in [5.74, 6) is 0.0878. The zero-order valence-electron chi connectivity index (χ0n) is 17.8. The quantitative estimate of drug-likeness (QED) is 0.816. The Balaban J connectivity index is 1.50. The van der Waals surface area contributed by atoms with Crippen molar-refractivity contribution in [2.75, 3.05) is 25.0 Å². The minimum Gasteiger partial charge on any atom is -0.372 e. The maximum atomic E-state index is 12.9. The van der Waals surface area contributed by atoms with E-state index in [0.717, 1.165) is 23.2 Å². The van der Waals surface area contributed by atoms with Gasteiger partial charge in [0.25, 0.3) is 11.8 Å². The molecule has 4 rings (SSSR count). The van der Waals surface area contributed by atoms with Gasteiger partial charge in [-0.2, -0.15) is 0 Å².